The molecule has 2 N–H and O–H groups in total. The lowest BCUT2D eigenvalue weighted by Crippen LogP contribution is -2.20. The summed E-state index contributed by atoms with van der Waals surface area (Å²) in [5.74, 6) is -0.196. The zero-order valence-electron chi connectivity index (χ0n) is 16.4. The van der Waals surface area contributed by atoms with E-state index in [-0.39, 0.29) is 17.2 Å². The maximum atomic E-state index is 11.4. The molecule has 0 bridgehead atoms. The molecule has 0 unspecified atom stereocenters. The molecule has 6 heteroatoms. The van der Waals surface area contributed by atoms with Crippen LogP contribution in [0.5, 0.6) is 0 Å². The van der Waals surface area contributed by atoms with Crippen LogP contribution in [0.2, 0.25) is 0 Å². The van der Waals surface area contributed by atoms with Gasteiger partial charge < -0.3 is 10.6 Å². The van der Waals surface area contributed by atoms with Crippen molar-refractivity contribution in [3.63, 3.8) is 0 Å². The summed E-state index contributed by atoms with van der Waals surface area (Å²) in [6.07, 6.45) is 0. The fraction of sp³-hybridized carbons (Fsp3) is 0.333. The number of hydrogen-bond donors (Lipinski definition) is 2. The largest absolute Gasteiger partial charge is 0.325 e. The van der Waals surface area contributed by atoms with Gasteiger partial charge in [0.25, 0.3) is 0 Å². The van der Waals surface area contributed by atoms with Crippen molar-refractivity contribution < 1.29 is 9.59 Å². The average molecular weight is 496 g/mol. The summed E-state index contributed by atoms with van der Waals surface area (Å²) in [5.41, 5.74) is 5.55. The van der Waals surface area contributed by atoms with Crippen LogP contribution in [0.3, 0.4) is 0 Å². The van der Waals surface area contributed by atoms with E-state index in [0.717, 1.165) is 42.6 Å². The first-order valence-electron chi connectivity index (χ1n) is 8.60. The van der Waals surface area contributed by atoms with Crippen LogP contribution in [0, 0.1) is 13.8 Å². The predicted octanol–water partition coefficient (Wildman–Crippen LogP) is 6.07. The van der Waals surface area contributed by atoms with Gasteiger partial charge in [-0.25, -0.2) is 0 Å². The molecule has 27 heavy (non-hydrogen) atoms. The van der Waals surface area contributed by atoms with E-state index in [1.165, 1.54) is 13.8 Å². The SMILES string of the molecule is CC(=O)Nc1c(C)cc(C(C)(C)c2cc(C)c(NC(C)=O)c(Br)c2)cc1Br. The lowest BCUT2D eigenvalue weighted by molar-refractivity contribution is -0.115. The van der Waals surface area contributed by atoms with Gasteiger partial charge in [0.05, 0.1) is 11.4 Å². The Morgan fingerprint density at radius 1 is 0.778 bits per heavy atom. The van der Waals surface area contributed by atoms with E-state index in [2.05, 4.69) is 68.5 Å². The molecule has 0 aliphatic rings. The Morgan fingerprint density at radius 2 is 1.11 bits per heavy atom. The minimum Gasteiger partial charge on any atom is -0.325 e. The van der Waals surface area contributed by atoms with E-state index in [1.54, 1.807) is 0 Å². The summed E-state index contributed by atoms with van der Waals surface area (Å²) < 4.78 is 1.71. The number of rotatable bonds is 4. The number of carbonyl (C=O) groups is 2. The van der Waals surface area contributed by atoms with Gasteiger partial charge in [0.15, 0.2) is 0 Å². The highest BCUT2D eigenvalue weighted by Crippen LogP contribution is 2.40. The molecule has 2 aromatic carbocycles. The topological polar surface area (TPSA) is 58.2 Å². The molecule has 144 valence electrons. The summed E-state index contributed by atoms with van der Waals surface area (Å²) >= 11 is 7.18. The molecule has 2 amide bonds. The Balaban J connectivity index is 2.53. The molecule has 0 aromatic heterocycles. The Labute approximate surface area is 177 Å². The number of aryl methyl sites for hydroxylation is 2. The van der Waals surface area contributed by atoms with E-state index >= 15 is 0 Å². The molecule has 0 saturated heterocycles. The molecule has 0 spiro atoms. The predicted molar refractivity (Wildman–Crippen MR) is 118 cm³/mol. The maximum Gasteiger partial charge on any atom is 0.221 e. The summed E-state index contributed by atoms with van der Waals surface area (Å²) in [6, 6.07) is 8.29. The van der Waals surface area contributed by atoms with Gasteiger partial charge in [-0.05, 0) is 80.1 Å². The molecule has 0 radical (unpaired) electrons. The third kappa shape index (κ3) is 4.79. The lowest BCUT2D eigenvalue weighted by atomic mass is 9.77. The fourth-order valence-corrected chi connectivity index (χ4v) is 4.36. The minimum absolute atomic E-state index is 0.0982. The van der Waals surface area contributed by atoms with Crippen LogP contribution in [-0.2, 0) is 15.0 Å². The van der Waals surface area contributed by atoms with Crippen molar-refractivity contribution in [1.29, 1.82) is 0 Å². The number of amides is 2. The van der Waals surface area contributed by atoms with Crippen molar-refractivity contribution in [3.8, 4) is 0 Å². The summed E-state index contributed by atoms with van der Waals surface area (Å²) in [5, 5.41) is 5.74. The fourth-order valence-electron chi connectivity index (χ4n) is 3.05. The Kier molecular flexibility index (Phi) is 6.53. The standard InChI is InChI=1S/C21H24Br2N2O2/c1-11-7-15(9-17(22)19(11)24-13(3)26)21(5,6)16-8-12(2)20(18(23)10-16)25-14(4)27/h7-10H,1-6H3,(H,24,26)(H,25,27). The van der Waals surface area contributed by atoms with Crippen molar-refractivity contribution in [3.05, 3.63) is 55.5 Å². The lowest BCUT2D eigenvalue weighted by Gasteiger charge is -2.29. The van der Waals surface area contributed by atoms with Crippen molar-refractivity contribution in [2.45, 2.75) is 47.0 Å². The van der Waals surface area contributed by atoms with Crippen molar-refractivity contribution in [2.75, 3.05) is 10.6 Å². The van der Waals surface area contributed by atoms with Crippen LogP contribution >= 0.6 is 31.9 Å². The average Bonchev–Trinajstić information content (AvgIpc) is 2.53. The van der Waals surface area contributed by atoms with E-state index in [1.807, 2.05) is 26.0 Å². The first-order chi connectivity index (χ1) is 12.4. The molecule has 0 aliphatic carbocycles. The number of hydrogen-bond acceptors (Lipinski definition) is 2. The Hall–Kier alpha value is -1.66. The van der Waals surface area contributed by atoms with E-state index < -0.39 is 0 Å². The second-order valence-electron chi connectivity index (χ2n) is 7.29. The quantitative estimate of drug-likeness (QED) is 0.540. The van der Waals surface area contributed by atoms with Crippen LogP contribution in [0.25, 0.3) is 0 Å². The monoisotopic (exact) mass is 494 g/mol. The number of halogens is 2. The van der Waals surface area contributed by atoms with Crippen LogP contribution < -0.4 is 10.6 Å². The number of nitrogens with one attached hydrogen (secondary N) is 2. The van der Waals surface area contributed by atoms with E-state index in [9.17, 15) is 9.59 Å². The van der Waals surface area contributed by atoms with Gasteiger partial charge in [0.2, 0.25) is 11.8 Å². The molecular formula is C21H24Br2N2O2. The molecule has 0 fully saturated rings. The van der Waals surface area contributed by atoms with Crippen molar-refractivity contribution >= 4 is 55.0 Å². The third-order valence-electron chi connectivity index (χ3n) is 4.62. The van der Waals surface area contributed by atoms with Crippen molar-refractivity contribution in [2.24, 2.45) is 0 Å². The molecule has 0 aliphatic heterocycles. The minimum atomic E-state index is -0.274. The maximum absolute atomic E-state index is 11.4. The van der Waals surface area contributed by atoms with Crippen LogP contribution in [-0.4, -0.2) is 11.8 Å². The van der Waals surface area contributed by atoms with Crippen molar-refractivity contribution in [1.82, 2.24) is 0 Å². The highest BCUT2D eigenvalue weighted by molar-refractivity contribution is 9.11. The van der Waals surface area contributed by atoms with Gasteiger partial charge in [0.1, 0.15) is 0 Å². The number of anilines is 2. The van der Waals surface area contributed by atoms with Gasteiger partial charge in [-0.2, -0.15) is 0 Å². The normalized spacial score (nSPS) is 11.3. The first kappa shape index (κ1) is 21.6. The van der Waals surface area contributed by atoms with E-state index in [4.69, 9.17) is 0 Å². The van der Waals surface area contributed by atoms with Crippen LogP contribution in [0.15, 0.2) is 33.2 Å². The van der Waals surface area contributed by atoms with Crippen LogP contribution in [0.1, 0.15) is 49.9 Å². The molecule has 2 rings (SSSR count). The van der Waals surface area contributed by atoms with Gasteiger partial charge in [-0.1, -0.05) is 26.0 Å². The van der Waals surface area contributed by atoms with E-state index in [0.29, 0.717) is 0 Å². The summed E-state index contributed by atoms with van der Waals surface area (Å²) in [4.78, 5) is 22.9. The van der Waals surface area contributed by atoms with Gasteiger partial charge in [0, 0.05) is 28.2 Å². The molecule has 4 nitrogen and oxygen atoms in total. The first-order valence-corrected chi connectivity index (χ1v) is 10.2. The highest BCUT2D eigenvalue weighted by Gasteiger charge is 2.26. The van der Waals surface area contributed by atoms with Crippen LogP contribution in [0.4, 0.5) is 11.4 Å². The van der Waals surface area contributed by atoms with Gasteiger partial charge >= 0.3 is 0 Å². The Bertz CT molecular complexity index is 801. The Morgan fingerprint density at radius 3 is 1.37 bits per heavy atom. The molecule has 0 heterocycles. The zero-order chi connectivity index (χ0) is 20.5. The third-order valence-corrected chi connectivity index (χ3v) is 5.87. The zero-order valence-corrected chi connectivity index (χ0v) is 19.6. The number of carbonyl (C=O) groups excluding carboxylic acids is 2. The summed E-state index contributed by atoms with van der Waals surface area (Å²) in [6.45, 7) is 11.3. The van der Waals surface area contributed by atoms with Gasteiger partial charge in [-0.3, -0.25) is 9.59 Å². The molecule has 0 atom stereocenters. The number of benzene rings is 2. The summed E-state index contributed by atoms with van der Waals surface area (Å²) in [7, 11) is 0. The highest BCUT2D eigenvalue weighted by atomic mass is 79.9. The molecule has 0 saturated carbocycles. The molecule has 2 aromatic rings. The second kappa shape index (κ2) is 8.15. The van der Waals surface area contributed by atoms with Gasteiger partial charge in [-0.15, -0.1) is 0 Å². The smallest absolute Gasteiger partial charge is 0.221 e. The molecular weight excluding hydrogens is 472 g/mol. The second-order valence-corrected chi connectivity index (χ2v) is 9.00.